The third kappa shape index (κ3) is 4.99. The Labute approximate surface area is 122 Å². The first-order valence-electron chi connectivity index (χ1n) is 7.61. The smallest absolute Gasteiger partial charge is 0.0670 e. The number of aliphatic hydroxyl groups is 1. The van der Waals surface area contributed by atoms with Crippen molar-refractivity contribution < 1.29 is 5.11 Å². The Balaban J connectivity index is 1.68. The molecule has 0 radical (unpaired) electrons. The van der Waals surface area contributed by atoms with Crippen LogP contribution in [-0.4, -0.2) is 41.8 Å². The summed E-state index contributed by atoms with van der Waals surface area (Å²) in [6, 6.07) is 11.0. The van der Waals surface area contributed by atoms with Gasteiger partial charge in [-0.1, -0.05) is 24.3 Å². The van der Waals surface area contributed by atoms with Crippen LogP contribution in [0.25, 0.3) is 0 Å². The van der Waals surface area contributed by atoms with Crippen molar-refractivity contribution in [1.29, 1.82) is 0 Å². The van der Waals surface area contributed by atoms with E-state index in [4.69, 9.17) is 0 Å². The minimum absolute atomic E-state index is 0.216. The second kappa shape index (κ2) is 8.08. The second-order valence-electron chi connectivity index (χ2n) is 5.61. The first kappa shape index (κ1) is 15.1. The molecule has 2 rings (SSSR count). The van der Waals surface area contributed by atoms with Crippen molar-refractivity contribution in [1.82, 2.24) is 4.90 Å². The SMILES string of the molecule is C=CCC[C@H](O)CN1CCC(Nc2ccccc2)CC1. The summed E-state index contributed by atoms with van der Waals surface area (Å²) in [6.07, 6.45) is 5.66. The van der Waals surface area contributed by atoms with E-state index in [2.05, 4.69) is 41.1 Å². The number of likely N-dealkylation sites (tertiary alicyclic amines) is 1. The number of aliphatic hydroxyl groups excluding tert-OH is 1. The number of benzene rings is 1. The van der Waals surface area contributed by atoms with E-state index < -0.39 is 0 Å². The third-order valence-electron chi connectivity index (χ3n) is 3.91. The predicted molar refractivity (Wildman–Crippen MR) is 85.0 cm³/mol. The van der Waals surface area contributed by atoms with Crippen LogP contribution in [0.1, 0.15) is 25.7 Å². The first-order chi connectivity index (χ1) is 9.78. The number of nitrogens with one attached hydrogen (secondary N) is 1. The van der Waals surface area contributed by atoms with Gasteiger partial charge in [0, 0.05) is 31.4 Å². The maximum Gasteiger partial charge on any atom is 0.0670 e. The molecule has 0 spiro atoms. The van der Waals surface area contributed by atoms with E-state index in [0.29, 0.717) is 6.04 Å². The molecule has 1 aromatic carbocycles. The van der Waals surface area contributed by atoms with Gasteiger partial charge in [-0.2, -0.15) is 0 Å². The lowest BCUT2D eigenvalue weighted by molar-refractivity contribution is 0.0934. The number of rotatable bonds is 7. The summed E-state index contributed by atoms with van der Waals surface area (Å²) < 4.78 is 0. The normalized spacial score (nSPS) is 18.6. The van der Waals surface area contributed by atoms with E-state index >= 15 is 0 Å². The van der Waals surface area contributed by atoms with Crippen molar-refractivity contribution in [2.45, 2.75) is 37.8 Å². The summed E-state index contributed by atoms with van der Waals surface area (Å²) in [7, 11) is 0. The molecule has 1 atom stereocenters. The lowest BCUT2D eigenvalue weighted by Crippen LogP contribution is -2.42. The molecule has 1 heterocycles. The largest absolute Gasteiger partial charge is 0.392 e. The quantitative estimate of drug-likeness (QED) is 0.751. The van der Waals surface area contributed by atoms with Crippen molar-refractivity contribution in [2.24, 2.45) is 0 Å². The van der Waals surface area contributed by atoms with Gasteiger partial charge in [0.15, 0.2) is 0 Å². The van der Waals surface area contributed by atoms with Crippen molar-refractivity contribution in [3.05, 3.63) is 43.0 Å². The van der Waals surface area contributed by atoms with E-state index in [-0.39, 0.29) is 6.10 Å². The molecule has 1 aliphatic rings. The van der Waals surface area contributed by atoms with E-state index in [1.807, 2.05) is 12.1 Å². The van der Waals surface area contributed by atoms with Crippen molar-refractivity contribution in [2.75, 3.05) is 25.0 Å². The lowest BCUT2D eigenvalue weighted by Gasteiger charge is -2.33. The molecule has 110 valence electrons. The van der Waals surface area contributed by atoms with Gasteiger partial charge in [0.2, 0.25) is 0 Å². The highest BCUT2D eigenvalue weighted by Crippen LogP contribution is 2.17. The van der Waals surface area contributed by atoms with Gasteiger partial charge >= 0.3 is 0 Å². The molecule has 0 aliphatic carbocycles. The van der Waals surface area contributed by atoms with Crippen molar-refractivity contribution >= 4 is 5.69 Å². The minimum atomic E-state index is -0.216. The number of anilines is 1. The van der Waals surface area contributed by atoms with E-state index in [1.54, 1.807) is 0 Å². The van der Waals surface area contributed by atoms with Gasteiger partial charge in [-0.15, -0.1) is 6.58 Å². The highest BCUT2D eigenvalue weighted by atomic mass is 16.3. The number of allylic oxidation sites excluding steroid dienone is 1. The molecule has 3 heteroatoms. The van der Waals surface area contributed by atoms with Gasteiger partial charge in [-0.25, -0.2) is 0 Å². The minimum Gasteiger partial charge on any atom is -0.392 e. The zero-order valence-corrected chi connectivity index (χ0v) is 12.2. The highest BCUT2D eigenvalue weighted by molar-refractivity contribution is 5.43. The Morgan fingerprint density at radius 2 is 2.00 bits per heavy atom. The topological polar surface area (TPSA) is 35.5 Å². The van der Waals surface area contributed by atoms with Gasteiger partial charge in [-0.3, -0.25) is 0 Å². The van der Waals surface area contributed by atoms with Crippen LogP contribution in [0, 0.1) is 0 Å². The fourth-order valence-corrected chi connectivity index (χ4v) is 2.73. The Morgan fingerprint density at radius 3 is 2.65 bits per heavy atom. The van der Waals surface area contributed by atoms with Crippen molar-refractivity contribution in [3.8, 4) is 0 Å². The van der Waals surface area contributed by atoms with Gasteiger partial charge in [0.05, 0.1) is 6.10 Å². The van der Waals surface area contributed by atoms with E-state index in [0.717, 1.165) is 45.3 Å². The Kier molecular flexibility index (Phi) is 6.09. The second-order valence-corrected chi connectivity index (χ2v) is 5.61. The average molecular weight is 274 g/mol. The summed E-state index contributed by atoms with van der Waals surface area (Å²) in [5.41, 5.74) is 1.21. The number of β-amino-alcohol motifs (C(OH)–C–C–N with tert-alkyl or cyclic N) is 1. The van der Waals surface area contributed by atoms with Crippen LogP contribution in [-0.2, 0) is 0 Å². The Hall–Kier alpha value is -1.32. The molecule has 0 unspecified atom stereocenters. The van der Waals surface area contributed by atoms with Gasteiger partial charge in [0.1, 0.15) is 0 Å². The Bertz CT molecular complexity index is 385. The maximum atomic E-state index is 9.93. The molecule has 0 amide bonds. The zero-order valence-electron chi connectivity index (χ0n) is 12.2. The third-order valence-corrected chi connectivity index (χ3v) is 3.91. The predicted octanol–water partition coefficient (Wildman–Crippen LogP) is 2.89. The standard InChI is InChI=1S/C17H26N2O/c1-2-3-9-17(20)14-19-12-10-16(11-13-19)18-15-7-5-4-6-8-15/h2,4-8,16-18,20H,1,3,9-14H2/t17-/m0/s1. The van der Waals surface area contributed by atoms with E-state index in [1.165, 1.54) is 5.69 Å². The van der Waals surface area contributed by atoms with Crippen LogP contribution < -0.4 is 5.32 Å². The lowest BCUT2D eigenvalue weighted by atomic mass is 10.0. The maximum absolute atomic E-state index is 9.93. The summed E-state index contributed by atoms with van der Waals surface area (Å²) in [4.78, 5) is 2.37. The zero-order chi connectivity index (χ0) is 14.2. The molecular formula is C17H26N2O. The van der Waals surface area contributed by atoms with Gasteiger partial charge in [0.25, 0.3) is 0 Å². The monoisotopic (exact) mass is 274 g/mol. The summed E-state index contributed by atoms with van der Waals surface area (Å²) in [6.45, 7) is 6.62. The average Bonchev–Trinajstić information content (AvgIpc) is 2.48. The number of hydrogen-bond donors (Lipinski definition) is 2. The van der Waals surface area contributed by atoms with E-state index in [9.17, 15) is 5.11 Å². The molecule has 0 bridgehead atoms. The molecule has 3 nitrogen and oxygen atoms in total. The Morgan fingerprint density at radius 1 is 1.30 bits per heavy atom. The molecular weight excluding hydrogens is 248 g/mol. The molecule has 1 fully saturated rings. The number of piperidine rings is 1. The first-order valence-corrected chi connectivity index (χ1v) is 7.61. The summed E-state index contributed by atoms with van der Waals surface area (Å²) >= 11 is 0. The molecule has 1 aromatic rings. The number of hydrogen-bond acceptors (Lipinski definition) is 3. The molecule has 1 aliphatic heterocycles. The summed E-state index contributed by atoms with van der Waals surface area (Å²) in [5.74, 6) is 0. The molecule has 20 heavy (non-hydrogen) atoms. The van der Waals surface area contributed by atoms with Gasteiger partial charge < -0.3 is 15.3 Å². The molecule has 1 saturated heterocycles. The van der Waals surface area contributed by atoms with Crippen LogP contribution in [0.2, 0.25) is 0 Å². The summed E-state index contributed by atoms with van der Waals surface area (Å²) in [5, 5.41) is 13.5. The van der Waals surface area contributed by atoms with Gasteiger partial charge in [-0.05, 0) is 37.8 Å². The van der Waals surface area contributed by atoms with Crippen molar-refractivity contribution in [3.63, 3.8) is 0 Å². The molecule has 0 saturated carbocycles. The number of para-hydroxylation sites is 1. The van der Waals surface area contributed by atoms with Crippen LogP contribution in [0.15, 0.2) is 43.0 Å². The number of nitrogens with zero attached hydrogens (tertiary/aromatic N) is 1. The molecule has 0 aromatic heterocycles. The fraction of sp³-hybridized carbons (Fsp3) is 0.529. The molecule has 2 N–H and O–H groups in total. The highest BCUT2D eigenvalue weighted by Gasteiger charge is 2.20. The van der Waals surface area contributed by atoms with Crippen LogP contribution in [0.5, 0.6) is 0 Å². The van der Waals surface area contributed by atoms with Crippen LogP contribution in [0.4, 0.5) is 5.69 Å². The fourth-order valence-electron chi connectivity index (χ4n) is 2.73. The van der Waals surface area contributed by atoms with Crippen LogP contribution >= 0.6 is 0 Å². The van der Waals surface area contributed by atoms with Crippen LogP contribution in [0.3, 0.4) is 0 Å².